The molecule has 0 saturated heterocycles. The number of amides is 1. The third-order valence-electron chi connectivity index (χ3n) is 3.03. The summed E-state index contributed by atoms with van der Waals surface area (Å²) in [6.45, 7) is 3.90. The molecule has 0 heterocycles. The van der Waals surface area contributed by atoms with Crippen LogP contribution in [0.3, 0.4) is 0 Å². The third-order valence-corrected chi connectivity index (χ3v) is 3.03. The van der Waals surface area contributed by atoms with Crippen LogP contribution >= 0.6 is 0 Å². The Labute approximate surface area is 85.5 Å². The van der Waals surface area contributed by atoms with Crippen molar-refractivity contribution >= 4 is 5.91 Å². The summed E-state index contributed by atoms with van der Waals surface area (Å²) in [5.74, 6) is 0.123. The highest BCUT2D eigenvalue weighted by atomic mass is 16.2. The molecule has 14 heavy (non-hydrogen) atoms. The molecular formula is C11H18N2O. The molecule has 0 bridgehead atoms. The Hall–Kier alpha value is -1.04. The van der Waals surface area contributed by atoms with E-state index in [2.05, 4.69) is 11.4 Å². The fourth-order valence-corrected chi connectivity index (χ4v) is 1.97. The molecule has 3 nitrogen and oxygen atoms in total. The standard InChI is InChI=1S/C11H18N2O/c1-9(5-8-12)13-10(14)11(2)6-3-4-7-11/h9H,3-7H2,1-2H3,(H,13,14). The van der Waals surface area contributed by atoms with Crippen molar-refractivity contribution in [2.75, 3.05) is 0 Å². The zero-order chi connectivity index (χ0) is 10.6. The summed E-state index contributed by atoms with van der Waals surface area (Å²) in [6.07, 6.45) is 4.66. The lowest BCUT2D eigenvalue weighted by Gasteiger charge is -2.24. The van der Waals surface area contributed by atoms with Gasteiger partial charge in [0.2, 0.25) is 5.91 Å². The van der Waals surface area contributed by atoms with Crippen molar-refractivity contribution in [3.63, 3.8) is 0 Å². The lowest BCUT2D eigenvalue weighted by molar-refractivity contribution is -0.130. The molecule has 1 fully saturated rings. The van der Waals surface area contributed by atoms with Gasteiger partial charge in [-0.15, -0.1) is 0 Å². The van der Waals surface area contributed by atoms with Crippen LogP contribution in [0.25, 0.3) is 0 Å². The molecule has 1 N–H and O–H groups in total. The van der Waals surface area contributed by atoms with Crippen molar-refractivity contribution in [3.05, 3.63) is 0 Å². The number of nitrogens with zero attached hydrogens (tertiary/aromatic N) is 1. The lowest BCUT2D eigenvalue weighted by atomic mass is 9.87. The van der Waals surface area contributed by atoms with Crippen LogP contribution in [0.4, 0.5) is 0 Å². The average molecular weight is 194 g/mol. The molecule has 0 spiro atoms. The smallest absolute Gasteiger partial charge is 0.226 e. The summed E-state index contributed by atoms with van der Waals surface area (Å²) in [5, 5.41) is 11.4. The molecule has 1 aliphatic rings. The van der Waals surface area contributed by atoms with E-state index in [0.717, 1.165) is 25.7 Å². The van der Waals surface area contributed by atoms with Gasteiger partial charge in [-0.05, 0) is 19.8 Å². The molecule has 1 unspecified atom stereocenters. The minimum atomic E-state index is -0.177. The monoisotopic (exact) mass is 194 g/mol. The molecular weight excluding hydrogens is 176 g/mol. The number of nitrogens with one attached hydrogen (secondary N) is 1. The predicted octanol–water partition coefficient (Wildman–Crippen LogP) is 1.99. The number of carbonyl (C=O) groups excluding carboxylic acids is 1. The first-order chi connectivity index (χ1) is 6.58. The van der Waals surface area contributed by atoms with Crippen molar-refractivity contribution in [2.45, 2.75) is 52.0 Å². The van der Waals surface area contributed by atoms with Crippen LogP contribution in [-0.4, -0.2) is 11.9 Å². The third kappa shape index (κ3) is 2.47. The Morgan fingerprint density at radius 2 is 2.14 bits per heavy atom. The molecule has 1 atom stereocenters. The largest absolute Gasteiger partial charge is 0.352 e. The highest BCUT2D eigenvalue weighted by Gasteiger charge is 2.36. The van der Waals surface area contributed by atoms with E-state index >= 15 is 0 Å². The molecule has 1 rings (SSSR count). The van der Waals surface area contributed by atoms with E-state index in [9.17, 15) is 4.79 Å². The number of hydrogen-bond donors (Lipinski definition) is 1. The zero-order valence-corrected chi connectivity index (χ0v) is 8.97. The van der Waals surface area contributed by atoms with Crippen LogP contribution in [0, 0.1) is 16.7 Å². The maximum atomic E-state index is 11.8. The van der Waals surface area contributed by atoms with Crippen LogP contribution in [0.15, 0.2) is 0 Å². The van der Waals surface area contributed by atoms with Crippen molar-refractivity contribution in [1.82, 2.24) is 5.32 Å². The van der Waals surface area contributed by atoms with Crippen LogP contribution in [0.5, 0.6) is 0 Å². The van der Waals surface area contributed by atoms with E-state index in [1.807, 2.05) is 13.8 Å². The van der Waals surface area contributed by atoms with Gasteiger partial charge < -0.3 is 5.32 Å². The first-order valence-electron chi connectivity index (χ1n) is 5.26. The van der Waals surface area contributed by atoms with E-state index in [4.69, 9.17) is 5.26 Å². The molecule has 1 saturated carbocycles. The summed E-state index contributed by atoms with van der Waals surface area (Å²) in [6, 6.07) is 2.04. The predicted molar refractivity (Wildman–Crippen MR) is 54.4 cm³/mol. The molecule has 78 valence electrons. The second-order valence-corrected chi connectivity index (χ2v) is 4.50. The molecule has 1 amide bonds. The summed E-state index contributed by atoms with van der Waals surface area (Å²) >= 11 is 0. The Morgan fingerprint density at radius 3 is 2.64 bits per heavy atom. The van der Waals surface area contributed by atoms with Crippen LogP contribution in [0.2, 0.25) is 0 Å². The molecule has 3 heteroatoms. The van der Waals surface area contributed by atoms with Crippen molar-refractivity contribution in [3.8, 4) is 6.07 Å². The molecule has 0 aromatic rings. The number of hydrogen-bond acceptors (Lipinski definition) is 2. The van der Waals surface area contributed by atoms with Crippen molar-refractivity contribution in [2.24, 2.45) is 5.41 Å². The van der Waals surface area contributed by atoms with Gasteiger partial charge in [0.1, 0.15) is 0 Å². The van der Waals surface area contributed by atoms with Gasteiger partial charge in [-0.25, -0.2) is 0 Å². The SMILES string of the molecule is CC(CC#N)NC(=O)C1(C)CCCC1. The van der Waals surface area contributed by atoms with Gasteiger partial charge in [0.15, 0.2) is 0 Å². The fourth-order valence-electron chi connectivity index (χ4n) is 1.97. The fraction of sp³-hybridized carbons (Fsp3) is 0.818. The van der Waals surface area contributed by atoms with Gasteiger partial charge in [-0.1, -0.05) is 19.8 Å². The van der Waals surface area contributed by atoms with Crippen LogP contribution < -0.4 is 5.32 Å². The van der Waals surface area contributed by atoms with Gasteiger partial charge in [0, 0.05) is 11.5 Å². The molecule has 0 aliphatic heterocycles. The maximum absolute atomic E-state index is 11.8. The van der Waals surface area contributed by atoms with Crippen molar-refractivity contribution < 1.29 is 4.79 Å². The van der Waals surface area contributed by atoms with E-state index < -0.39 is 0 Å². The average Bonchev–Trinajstić information content (AvgIpc) is 2.54. The van der Waals surface area contributed by atoms with E-state index in [-0.39, 0.29) is 17.4 Å². The van der Waals surface area contributed by atoms with Gasteiger partial charge in [0.25, 0.3) is 0 Å². The number of carbonyl (C=O) groups is 1. The maximum Gasteiger partial charge on any atom is 0.226 e. The molecule has 0 aromatic carbocycles. The molecule has 1 aliphatic carbocycles. The summed E-state index contributed by atoms with van der Waals surface area (Å²) < 4.78 is 0. The topological polar surface area (TPSA) is 52.9 Å². The number of nitriles is 1. The first-order valence-corrected chi connectivity index (χ1v) is 5.26. The number of rotatable bonds is 3. The second-order valence-electron chi connectivity index (χ2n) is 4.50. The lowest BCUT2D eigenvalue weighted by Crippen LogP contribution is -2.41. The Kier molecular flexibility index (Phi) is 3.51. The quantitative estimate of drug-likeness (QED) is 0.747. The van der Waals surface area contributed by atoms with Gasteiger partial charge in [0.05, 0.1) is 12.5 Å². The van der Waals surface area contributed by atoms with Crippen LogP contribution in [0.1, 0.15) is 46.0 Å². The van der Waals surface area contributed by atoms with E-state index in [0.29, 0.717) is 6.42 Å². The Bertz CT molecular complexity index is 249. The van der Waals surface area contributed by atoms with Gasteiger partial charge >= 0.3 is 0 Å². The summed E-state index contributed by atoms with van der Waals surface area (Å²) in [4.78, 5) is 11.8. The van der Waals surface area contributed by atoms with Crippen molar-refractivity contribution in [1.29, 1.82) is 5.26 Å². The van der Waals surface area contributed by atoms with Crippen LogP contribution in [-0.2, 0) is 4.79 Å². The van der Waals surface area contributed by atoms with Gasteiger partial charge in [-0.2, -0.15) is 5.26 Å². The highest BCUT2D eigenvalue weighted by Crippen LogP contribution is 2.37. The Morgan fingerprint density at radius 1 is 1.57 bits per heavy atom. The molecule has 0 aromatic heterocycles. The van der Waals surface area contributed by atoms with Gasteiger partial charge in [-0.3, -0.25) is 4.79 Å². The summed E-state index contributed by atoms with van der Waals surface area (Å²) in [7, 11) is 0. The minimum absolute atomic E-state index is 0.0232. The first kappa shape index (κ1) is 11.0. The zero-order valence-electron chi connectivity index (χ0n) is 8.97. The highest BCUT2D eigenvalue weighted by molar-refractivity contribution is 5.82. The minimum Gasteiger partial charge on any atom is -0.352 e. The van der Waals surface area contributed by atoms with E-state index in [1.165, 1.54) is 0 Å². The molecule has 0 radical (unpaired) electrons. The van der Waals surface area contributed by atoms with E-state index in [1.54, 1.807) is 0 Å². The normalized spacial score (nSPS) is 21.2. The second kappa shape index (κ2) is 4.45. The summed E-state index contributed by atoms with van der Waals surface area (Å²) in [5.41, 5.74) is -0.177. The Balaban J connectivity index is 2.45.